The molecule has 0 bridgehead atoms. The van der Waals surface area contributed by atoms with E-state index in [-0.39, 0.29) is 35.2 Å². The first-order valence-electron chi connectivity index (χ1n) is 15.8. The van der Waals surface area contributed by atoms with Gasteiger partial charge in [-0.3, -0.25) is 13.9 Å². The van der Waals surface area contributed by atoms with E-state index in [4.69, 9.17) is 4.74 Å². The fourth-order valence-electron chi connectivity index (χ4n) is 5.08. The van der Waals surface area contributed by atoms with Crippen LogP contribution in [0, 0.1) is 5.82 Å². The van der Waals surface area contributed by atoms with Crippen molar-refractivity contribution < 1.29 is 27.1 Å². The van der Waals surface area contributed by atoms with Crippen molar-refractivity contribution in [3.8, 4) is 5.75 Å². The second-order valence-electron chi connectivity index (χ2n) is 11.3. The molecule has 4 aromatic carbocycles. The number of hydrogen-bond donors (Lipinski definition) is 1. The number of ether oxygens (including phenoxy) is 1. The molecule has 0 aliphatic rings. The van der Waals surface area contributed by atoms with Gasteiger partial charge in [-0.15, -0.1) is 11.8 Å². The number of carbonyl (C=O) groups is 2. The topological polar surface area (TPSA) is 96.0 Å². The molecule has 0 unspecified atom stereocenters. The molecule has 0 saturated heterocycles. The Labute approximate surface area is 287 Å². The van der Waals surface area contributed by atoms with Crippen LogP contribution in [-0.4, -0.2) is 56.6 Å². The number of nitrogens with one attached hydrogen (secondary N) is 1. The van der Waals surface area contributed by atoms with E-state index in [1.165, 1.54) is 34.9 Å². The normalized spacial score (nSPS) is 12.5. The summed E-state index contributed by atoms with van der Waals surface area (Å²) in [6.45, 7) is 5.17. The van der Waals surface area contributed by atoms with Crippen LogP contribution in [-0.2, 0) is 32.6 Å². The van der Waals surface area contributed by atoms with Crippen LogP contribution in [0.25, 0.3) is 0 Å². The van der Waals surface area contributed by atoms with E-state index in [0.29, 0.717) is 18.8 Å². The monoisotopic (exact) mass is 691 g/mol. The van der Waals surface area contributed by atoms with Crippen LogP contribution in [0.2, 0.25) is 0 Å². The number of hydrogen-bond acceptors (Lipinski definition) is 6. The van der Waals surface area contributed by atoms with E-state index in [1.54, 1.807) is 54.6 Å². The molecule has 0 spiro atoms. The van der Waals surface area contributed by atoms with Crippen LogP contribution in [0.3, 0.4) is 0 Å². The minimum Gasteiger partial charge on any atom is -0.494 e. The van der Waals surface area contributed by atoms with E-state index in [1.807, 2.05) is 57.4 Å². The molecular weight excluding hydrogens is 650 g/mol. The van der Waals surface area contributed by atoms with Crippen molar-refractivity contribution in [1.82, 2.24) is 10.2 Å². The summed E-state index contributed by atoms with van der Waals surface area (Å²) >= 11 is 1.48. The fourth-order valence-corrected chi connectivity index (χ4v) is 6.91. The summed E-state index contributed by atoms with van der Waals surface area (Å²) in [6.07, 6.45) is 2.68. The van der Waals surface area contributed by atoms with Gasteiger partial charge in [0.05, 0.1) is 17.2 Å². The minimum atomic E-state index is -4.28. The van der Waals surface area contributed by atoms with Crippen LogP contribution in [0.1, 0.15) is 38.3 Å². The maximum Gasteiger partial charge on any atom is 0.264 e. The molecule has 0 aromatic heterocycles. The van der Waals surface area contributed by atoms with E-state index < -0.39 is 40.2 Å². The zero-order chi connectivity index (χ0) is 34.7. The van der Waals surface area contributed by atoms with Gasteiger partial charge in [0.2, 0.25) is 11.8 Å². The van der Waals surface area contributed by atoms with Crippen molar-refractivity contribution in [1.29, 1.82) is 0 Å². The van der Waals surface area contributed by atoms with Gasteiger partial charge in [-0.05, 0) is 86.7 Å². The first kappa shape index (κ1) is 36.5. The van der Waals surface area contributed by atoms with Crippen molar-refractivity contribution in [2.45, 2.75) is 62.0 Å². The third kappa shape index (κ3) is 9.38. The Bertz CT molecular complexity index is 1750. The van der Waals surface area contributed by atoms with Crippen molar-refractivity contribution in [2.75, 3.05) is 23.7 Å². The zero-order valence-corrected chi connectivity index (χ0v) is 29.3. The smallest absolute Gasteiger partial charge is 0.264 e. The highest BCUT2D eigenvalue weighted by Gasteiger charge is 2.35. The highest BCUT2D eigenvalue weighted by atomic mass is 32.2. The third-order valence-corrected chi connectivity index (χ3v) is 10.5. The first-order valence-corrected chi connectivity index (χ1v) is 18.5. The molecule has 0 saturated carbocycles. The van der Waals surface area contributed by atoms with Gasteiger partial charge in [0, 0.05) is 29.5 Å². The number of halogens is 1. The number of carbonyl (C=O) groups excluding carboxylic acids is 2. The quantitative estimate of drug-likeness (QED) is 0.132. The lowest BCUT2D eigenvalue weighted by Crippen LogP contribution is -2.54. The summed E-state index contributed by atoms with van der Waals surface area (Å²) in [5, 5.41) is 2.98. The second-order valence-corrected chi connectivity index (χ2v) is 14.0. The molecule has 0 fully saturated rings. The lowest BCUT2D eigenvalue weighted by atomic mass is 10.0. The molecule has 0 heterocycles. The number of sulfonamides is 1. The van der Waals surface area contributed by atoms with Crippen molar-refractivity contribution in [3.05, 3.63) is 120 Å². The number of benzene rings is 4. The van der Waals surface area contributed by atoms with Gasteiger partial charge >= 0.3 is 0 Å². The van der Waals surface area contributed by atoms with E-state index in [9.17, 15) is 18.0 Å². The van der Waals surface area contributed by atoms with Crippen LogP contribution in [0.15, 0.2) is 113 Å². The standard InChI is InChI=1S/C37H42FN3O5S2/c1-5-27(3)39-37(43)35(24-28-12-8-7-9-13-28)40(25-29-14-10-11-15-34(29)38)36(42)26-41(30-16-18-31(19-17-30)46-6-2)48(44,45)33-22-20-32(47-4)21-23-33/h7-23,27,35H,5-6,24-26H2,1-4H3,(H,39,43)/t27-,35+/m1/s1. The SMILES string of the molecule is CCOc1ccc(N(CC(=O)N(Cc2ccccc2F)[C@@H](Cc2ccccc2)C(=O)N[C@H](C)CC)S(=O)(=O)c2ccc(SC)cc2)cc1. The van der Waals surface area contributed by atoms with Crippen LogP contribution >= 0.6 is 11.8 Å². The number of anilines is 1. The zero-order valence-electron chi connectivity index (χ0n) is 27.6. The van der Waals surface area contributed by atoms with Crippen LogP contribution in [0.5, 0.6) is 5.75 Å². The highest BCUT2D eigenvalue weighted by Crippen LogP contribution is 2.28. The van der Waals surface area contributed by atoms with E-state index >= 15 is 4.39 Å². The lowest BCUT2D eigenvalue weighted by molar-refractivity contribution is -0.140. The van der Waals surface area contributed by atoms with Gasteiger partial charge < -0.3 is 15.0 Å². The van der Waals surface area contributed by atoms with Crippen molar-refractivity contribution in [3.63, 3.8) is 0 Å². The summed E-state index contributed by atoms with van der Waals surface area (Å²) < 4.78 is 50.2. The lowest BCUT2D eigenvalue weighted by Gasteiger charge is -2.34. The van der Waals surface area contributed by atoms with Gasteiger partial charge in [-0.1, -0.05) is 55.5 Å². The van der Waals surface area contributed by atoms with E-state index in [0.717, 1.165) is 14.8 Å². The molecule has 0 aliphatic carbocycles. The Morgan fingerprint density at radius 1 is 0.896 bits per heavy atom. The highest BCUT2D eigenvalue weighted by molar-refractivity contribution is 7.98. The Kier molecular flexibility index (Phi) is 13.0. The van der Waals surface area contributed by atoms with Crippen LogP contribution < -0.4 is 14.4 Å². The molecule has 2 amide bonds. The largest absolute Gasteiger partial charge is 0.494 e. The molecule has 1 N–H and O–H groups in total. The van der Waals surface area contributed by atoms with Gasteiger partial charge in [0.25, 0.3) is 10.0 Å². The maximum atomic E-state index is 15.1. The predicted octanol–water partition coefficient (Wildman–Crippen LogP) is 6.70. The number of nitrogens with zero attached hydrogens (tertiary/aromatic N) is 2. The molecule has 4 rings (SSSR count). The first-order chi connectivity index (χ1) is 23.1. The Hall–Kier alpha value is -4.35. The molecule has 254 valence electrons. The number of rotatable bonds is 16. The summed E-state index contributed by atoms with van der Waals surface area (Å²) in [5.41, 5.74) is 1.22. The second kappa shape index (κ2) is 17.2. The summed E-state index contributed by atoms with van der Waals surface area (Å²) in [6, 6.07) is 26.8. The van der Waals surface area contributed by atoms with Gasteiger partial charge in [-0.2, -0.15) is 0 Å². The maximum absolute atomic E-state index is 15.1. The summed E-state index contributed by atoms with van der Waals surface area (Å²) in [5.74, 6) is -1.08. The van der Waals surface area contributed by atoms with Gasteiger partial charge in [0.15, 0.2) is 0 Å². The fraction of sp³-hybridized carbons (Fsp3) is 0.297. The Morgan fingerprint density at radius 2 is 1.54 bits per heavy atom. The molecule has 11 heteroatoms. The molecule has 2 atom stereocenters. The molecular formula is C37H42FN3O5S2. The average Bonchev–Trinajstić information content (AvgIpc) is 3.10. The van der Waals surface area contributed by atoms with Gasteiger partial charge in [0.1, 0.15) is 24.2 Å². The van der Waals surface area contributed by atoms with Crippen molar-refractivity contribution >= 4 is 39.3 Å². The number of amides is 2. The predicted molar refractivity (Wildman–Crippen MR) is 189 cm³/mol. The minimum absolute atomic E-state index is 0.00186. The molecule has 48 heavy (non-hydrogen) atoms. The molecule has 4 aromatic rings. The van der Waals surface area contributed by atoms with Gasteiger partial charge in [-0.25, -0.2) is 12.8 Å². The Balaban J connectivity index is 1.82. The molecule has 8 nitrogen and oxygen atoms in total. The van der Waals surface area contributed by atoms with Crippen molar-refractivity contribution in [2.24, 2.45) is 0 Å². The molecule has 0 radical (unpaired) electrons. The summed E-state index contributed by atoms with van der Waals surface area (Å²) in [4.78, 5) is 30.7. The van der Waals surface area contributed by atoms with Crippen LogP contribution in [0.4, 0.5) is 10.1 Å². The molecule has 0 aliphatic heterocycles. The van der Waals surface area contributed by atoms with E-state index in [2.05, 4.69) is 5.32 Å². The Morgan fingerprint density at radius 3 is 2.15 bits per heavy atom. The summed E-state index contributed by atoms with van der Waals surface area (Å²) in [7, 11) is -4.28. The third-order valence-electron chi connectivity index (χ3n) is 7.93. The average molecular weight is 692 g/mol. The number of thioether (sulfide) groups is 1.